The van der Waals surface area contributed by atoms with E-state index < -0.39 is 93.0 Å². The van der Waals surface area contributed by atoms with Gasteiger partial charge in [-0.05, 0) is 54.7 Å². The molecular weight excluding hydrogens is 608 g/mol. The molecule has 256 valence electrons. The van der Waals surface area contributed by atoms with E-state index in [1.807, 2.05) is 20.8 Å². The lowest BCUT2D eigenvalue weighted by molar-refractivity contribution is -0.218. The van der Waals surface area contributed by atoms with Gasteiger partial charge in [-0.1, -0.05) is 48.5 Å². The normalized spacial score (nSPS) is 40.8. The van der Waals surface area contributed by atoms with Crippen LogP contribution in [0.3, 0.4) is 0 Å². The van der Waals surface area contributed by atoms with Crippen molar-refractivity contribution in [1.82, 2.24) is 0 Å². The van der Waals surface area contributed by atoms with Crippen LogP contribution in [0.4, 0.5) is 0 Å². The number of cyclic esters (lactones) is 1. The minimum absolute atomic E-state index is 0.0900. The minimum Gasteiger partial charge on any atom is -0.472 e. The van der Waals surface area contributed by atoms with Crippen molar-refractivity contribution in [3.05, 3.63) is 35.3 Å². The van der Waals surface area contributed by atoms with E-state index in [-0.39, 0.29) is 19.3 Å². The molecule has 1 aliphatic heterocycles. The van der Waals surface area contributed by atoms with Gasteiger partial charge in [-0.15, -0.1) is 0 Å². The number of rotatable bonds is 8. The Morgan fingerprint density at radius 3 is 2.40 bits per heavy atom. The van der Waals surface area contributed by atoms with E-state index in [9.17, 15) is 24.3 Å². The minimum atomic E-state index is -2.28. The molecule has 2 bridgehead atoms. The molecule has 1 saturated heterocycles. The molecule has 1 aromatic heterocycles. The maximum atomic E-state index is 15.5. The third kappa shape index (κ3) is 4.10. The SMILES string of the molecule is CC[C@H](C)C(=O)O[C@@H]1C(=O)[C@]2(OC(=O)C(C)C)C3=C4CC(=O)O[C@@H](c5ccoc5)[C@]4(C)CC[C@@H]3[C@]3(C)[C@@H](CC(=O)OC)[C@]1(C)C[C@]23O. The van der Waals surface area contributed by atoms with Gasteiger partial charge >= 0.3 is 23.9 Å². The van der Waals surface area contributed by atoms with Gasteiger partial charge in [0.1, 0.15) is 11.7 Å². The molecule has 0 unspecified atom stereocenters. The van der Waals surface area contributed by atoms with E-state index >= 15 is 4.79 Å². The number of Topliss-reactive ketones (excluding diaryl/α,β-unsaturated/α-hetero) is 1. The van der Waals surface area contributed by atoms with E-state index in [0.29, 0.717) is 36.0 Å². The number of aliphatic hydroxyl groups is 1. The van der Waals surface area contributed by atoms with Crippen molar-refractivity contribution in [3.8, 4) is 0 Å². The summed E-state index contributed by atoms with van der Waals surface area (Å²) in [6, 6.07) is 1.73. The largest absolute Gasteiger partial charge is 0.472 e. The Kier molecular flexibility index (Phi) is 7.66. The number of hydrogen-bond donors (Lipinski definition) is 1. The van der Waals surface area contributed by atoms with E-state index in [1.165, 1.54) is 19.6 Å². The maximum absolute atomic E-state index is 15.5. The average Bonchev–Trinajstić information content (AvgIpc) is 3.65. The van der Waals surface area contributed by atoms with Gasteiger partial charge in [-0.3, -0.25) is 24.0 Å². The number of fused-ring (bicyclic) bond motifs is 5. The summed E-state index contributed by atoms with van der Waals surface area (Å²) in [5, 5.41) is 13.3. The van der Waals surface area contributed by atoms with E-state index in [4.69, 9.17) is 23.4 Å². The Morgan fingerprint density at radius 1 is 1.11 bits per heavy atom. The zero-order valence-electron chi connectivity index (χ0n) is 28.5. The van der Waals surface area contributed by atoms with Crippen LogP contribution >= 0.6 is 0 Å². The summed E-state index contributed by atoms with van der Waals surface area (Å²) < 4.78 is 29.0. The fourth-order valence-electron chi connectivity index (χ4n) is 10.1. The second-order valence-electron chi connectivity index (χ2n) is 15.4. The zero-order chi connectivity index (χ0) is 34.5. The summed E-state index contributed by atoms with van der Waals surface area (Å²) in [5.41, 5.74) is -5.98. The summed E-state index contributed by atoms with van der Waals surface area (Å²) in [5.74, 6) is -5.63. The highest BCUT2D eigenvalue weighted by atomic mass is 16.6. The predicted octanol–water partition coefficient (Wildman–Crippen LogP) is 4.80. The molecule has 5 aliphatic rings. The summed E-state index contributed by atoms with van der Waals surface area (Å²) in [4.78, 5) is 69.2. The number of ketones is 1. The second kappa shape index (κ2) is 10.8. The fourth-order valence-corrected chi connectivity index (χ4v) is 10.1. The van der Waals surface area contributed by atoms with Gasteiger partial charge < -0.3 is 28.5 Å². The predicted molar refractivity (Wildman–Crippen MR) is 164 cm³/mol. The Hall–Kier alpha value is -3.47. The summed E-state index contributed by atoms with van der Waals surface area (Å²) in [7, 11) is 1.28. The molecule has 11 nitrogen and oxygen atoms in total. The van der Waals surface area contributed by atoms with Gasteiger partial charge in [-0.25, -0.2) is 0 Å². The third-order valence-corrected chi connectivity index (χ3v) is 12.8. The van der Waals surface area contributed by atoms with Crippen LogP contribution in [-0.4, -0.2) is 59.2 Å². The Morgan fingerprint density at radius 2 is 1.81 bits per heavy atom. The zero-order valence-corrected chi connectivity index (χ0v) is 28.5. The number of methoxy groups -OCH3 is 1. The molecule has 0 aromatic carbocycles. The maximum Gasteiger partial charge on any atom is 0.310 e. The molecule has 1 aromatic rings. The Labute approximate surface area is 274 Å². The average molecular weight is 655 g/mol. The van der Waals surface area contributed by atoms with Crippen molar-refractivity contribution < 1.29 is 52.4 Å². The van der Waals surface area contributed by atoms with Crippen molar-refractivity contribution in [1.29, 1.82) is 0 Å². The molecule has 3 saturated carbocycles. The molecule has 4 fully saturated rings. The van der Waals surface area contributed by atoms with E-state index in [0.717, 1.165) is 0 Å². The number of carbonyl (C=O) groups is 5. The number of carbonyl (C=O) groups excluding carboxylic acids is 5. The Bertz CT molecular complexity index is 1560. The highest BCUT2D eigenvalue weighted by Gasteiger charge is 2.90. The standard InChI is InChI=1S/C36H46O11/c1-9-19(4)31(41)46-29-27(39)36(47-30(40)18(2)3)26-21(34(7)23(15-24(37)43-8)33(29,6)17-35(34,36)42)10-12-32(5)22(26)14-25(38)45-28(32)20-11-13-44-16-20/h11,13,16,18-19,21,23,28-29,42H,9-10,12,14-15,17H2,1-8H3/t19-,21-,23-,28-,29+,32+,33-,34+,35+,36+/m0/s1. The molecule has 1 N–H and O–H groups in total. The number of esters is 4. The lowest BCUT2D eigenvalue weighted by Crippen LogP contribution is -2.70. The first-order valence-corrected chi connectivity index (χ1v) is 16.7. The van der Waals surface area contributed by atoms with Gasteiger partial charge in [0.15, 0.2) is 6.10 Å². The number of ether oxygens (including phenoxy) is 4. The molecule has 0 radical (unpaired) electrons. The molecule has 6 rings (SSSR count). The smallest absolute Gasteiger partial charge is 0.310 e. The molecule has 11 heteroatoms. The van der Waals surface area contributed by atoms with Crippen molar-refractivity contribution >= 4 is 29.7 Å². The van der Waals surface area contributed by atoms with Crippen LogP contribution in [0.1, 0.15) is 98.7 Å². The molecule has 0 spiro atoms. The van der Waals surface area contributed by atoms with Crippen molar-refractivity contribution in [2.45, 2.75) is 110 Å². The van der Waals surface area contributed by atoms with Crippen LogP contribution in [0.5, 0.6) is 0 Å². The van der Waals surface area contributed by atoms with E-state index in [2.05, 4.69) is 0 Å². The fraction of sp³-hybridized carbons (Fsp3) is 0.694. The monoisotopic (exact) mass is 654 g/mol. The molecule has 10 atom stereocenters. The van der Waals surface area contributed by atoms with Gasteiger partial charge in [0, 0.05) is 28.2 Å². The van der Waals surface area contributed by atoms with Crippen molar-refractivity contribution in [3.63, 3.8) is 0 Å². The first-order chi connectivity index (χ1) is 22.0. The van der Waals surface area contributed by atoms with Crippen LogP contribution in [0.2, 0.25) is 0 Å². The molecular formula is C36H46O11. The lowest BCUT2D eigenvalue weighted by atomic mass is 9.53. The molecule has 47 heavy (non-hydrogen) atoms. The van der Waals surface area contributed by atoms with Crippen LogP contribution in [0, 0.1) is 39.9 Å². The molecule has 2 heterocycles. The van der Waals surface area contributed by atoms with Crippen molar-refractivity contribution in [2.75, 3.05) is 7.11 Å². The quantitative estimate of drug-likeness (QED) is 0.233. The van der Waals surface area contributed by atoms with Gasteiger partial charge in [-0.2, -0.15) is 0 Å². The molecule has 4 aliphatic carbocycles. The van der Waals surface area contributed by atoms with Crippen LogP contribution in [0.15, 0.2) is 34.2 Å². The molecule has 0 amide bonds. The lowest BCUT2D eigenvalue weighted by Gasteiger charge is -2.54. The first kappa shape index (κ1) is 33.4. The van der Waals surface area contributed by atoms with Gasteiger partial charge in [0.05, 0.1) is 37.9 Å². The summed E-state index contributed by atoms with van der Waals surface area (Å²) >= 11 is 0. The number of furan rings is 1. The third-order valence-electron chi connectivity index (χ3n) is 12.8. The topological polar surface area (TPSA) is 156 Å². The second-order valence-corrected chi connectivity index (χ2v) is 15.4. The highest BCUT2D eigenvalue weighted by molar-refractivity contribution is 6.03. The first-order valence-electron chi connectivity index (χ1n) is 16.7. The Balaban J connectivity index is 1.69. The summed E-state index contributed by atoms with van der Waals surface area (Å²) in [6.45, 7) is 12.4. The number of hydrogen-bond acceptors (Lipinski definition) is 11. The van der Waals surface area contributed by atoms with Gasteiger partial charge in [0.2, 0.25) is 11.4 Å². The van der Waals surface area contributed by atoms with Crippen LogP contribution in [-0.2, 0) is 42.9 Å². The van der Waals surface area contributed by atoms with Crippen LogP contribution in [0.25, 0.3) is 0 Å². The highest BCUT2D eigenvalue weighted by Crippen LogP contribution is 2.81. The summed E-state index contributed by atoms with van der Waals surface area (Å²) in [6.07, 6.45) is 1.77. The van der Waals surface area contributed by atoms with Gasteiger partial charge in [0.25, 0.3) is 0 Å². The van der Waals surface area contributed by atoms with Crippen LogP contribution < -0.4 is 0 Å². The van der Waals surface area contributed by atoms with Crippen molar-refractivity contribution in [2.24, 2.45) is 39.9 Å². The van der Waals surface area contributed by atoms with E-state index in [1.54, 1.807) is 33.8 Å².